The Bertz CT molecular complexity index is 518. The highest BCUT2D eigenvalue weighted by molar-refractivity contribution is 5.87. The van der Waals surface area contributed by atoms with Gasteiger partial charge in [-0.1, -0.05) is 12.1 Å². The highest BCUT2D eigenvalue weighted by Gasteiger charge is 2.25. The molecule has 84 valence electrons. The molecule has 0 radical (unpaired) electrons. The van der Waals surface area contributed by atoms with Crippen molar-refractivity contribution in [1.82, 2.24) is 10.3 Å². The van der Waals surface area contributed by atoms with Crippen molar-refractivity contribution in [3.63, 3.8) is 0 Å². The van der Waals surface area contributed by atoms with E-state index in [-0.39, 0.29) is 6.04 Å². The molecule has 0 saturated carbocycles. The van der Waals surface area contributed by atoms with Crippen molar-refractivity contribution >= 4 is 10.9 Å². The van der Waals surface area contributed by atoms with Gasteiger partial charge in [0.25, 0.3) is 0 Å². The molecular weight excluding hydrogens is 200 g/mol. The Morgan fingerprint density at radius 3 is 3.12 bits per heavy atom. The molecular formula is C13H16N2O. The number of aromatic amines is 1. The third kappa shape index (κ3) is 1.29. The Morgan fingerprint density at radius 2 is 2.31 bits per heavy atom. The van der Waals surface area contributed by atoms with Crippen LogP contribution in [0.2, 0.25) is 0 Å². The van der Waals surface area contributed by atoms with Crippen LogP contribution in [0.25, 0.3) is 10.9 Å². The minimum Gasteiger partial charge on any atom is -0.387 e. The van der Waals surface area contributed by atoms with Crippen LogP contribution in [0.15, 0.2) is 24.4 Å². The number of hydrogen-bond donors (Lipinski definition) is 3. The third-order valence-electron chi connectivity index (χ3n) is 3.61. The molecule has 1 aliphatic carbocycles. The fourth-order valence-corrected chi connectivity index (χ4v) is 2.72. The monoisotopic (exact) mass is 216 g/mol. The molecule has 0 saturated heterocycles. The average molecular weight is 216 g/mol. The van der Waals surface area contributed by atoms with Gasteiger partial charge < -0.3 is 15.4 Å². The first kappa shape index (κ1) is 9.87. The summed E-state index contributed by atoms with van der Waals surface area (Å²) in [6.45, 7) is 0. The predicted molar refractivity (Wildman–Crippen MR) is 64.4 cm³/mol. The van der Waals surface area contributed by atoms with Crippen molar-refractivity contribution in [2.24, 2.45) is 0 Å². The molecule has 3 N–H and O–H groups in total. The number of aliphatic hydroxyl groups excluding tert-OH is 1. The number of aliphatic hydroxyl groups is 1. The maximum atomic E-state index is 10.4. The Balaban J connectivity index is 2.24. The predicted octanol–water partition coefficient (Wildman–Crippen LogP) is 1.74. The van der Waals surface area contributed by atoms with E-state index in [4.69, 9.17) is 0 Å². The highest BCUT2D eigenvalue weighted by Crippen LogP contribution is 2.33. The average Bonchev–Trinajstić information content (AvgIpc) is 2.66. The first-order valence-electron chi connectivity index (χ1n) is 5.75. The van der Waals surface area contributed by atoms with Crippen LogP contribution in [0.4, 0.5) is 0 Å². The fourth-order valence-electron chi connectivity index (χ4n) is 2.72. The number of likely N-dealkylation sites (N-methyl/N-ethyl adjacent to an activating group) is 1. The summed E-state index contributed by atoms with van der Waals surface area (Å²) in [6.07, 6.45) is 3.64. The van der Waals surface area contributed by atoms with Gasteiger partial charge in [0.2, 0.25) is 0 Å². The third-order valence-corrected chi connectivity index (χ3v) is 3.61. The first-order valence-corrected chi connectivity index (χ1v) is 5.75. The lowest BCUT2D eigenvalue weighted by Gasteiger charge is -2.20. The lowest BCUT2D eigenvalue weighted by Crippen LogP contribution is -2.31. The second kappa shape index (κ2) is 3.61. The number of aromatic nitrogens is 1. The number of aryl methyl sites for hydroxylation is 1. The van der Waals surface area contributed by atoms with Gasteiger partial charge in [0.05, 0.1) is 6.10 Å². The van der Waals surface area contributed by atoms with Gasteiger partial charge in [-0.25, -0.2) is 0 Å². The molecule has 0 fully saturated rings. The second-order valence-electron chi connectivity index (χ2n) is 4.46. The first-order chi connectivity index (χ1) is 7.81. The smallest absolute Gasteiger partial charge is 0.0949 e. The summed E-state index contributed by atoms with van der Waals surface area (Å²) in [4.78, 5) is 3.27. The molecule has 2 atom stereocenters. The molecule has 3 nitrogen and oxygen atoms in total. The van der Waals surface area contributed by atoms with Gasteiger partial charge in [0.1, 0.15) is 0 Å². The molecule has 0 bridgehead atoms. The fraction of sp³-hybridized carbons (Fsp3) is 0.385. The molecule has 0 amide bonds. The Kier molecular flexibility index (Phi) is 2.23. The van der Waals surface area contributed by atoms with Crippen LogP contribution in [0.1, 0.15) is 23.7 Å². The van der Waals surface area contributed by atoms with E-state index < -0.39 is 6.10 Å². The molecule has 1 aromatic carbocycles. The van der Waals surface area contributed by atoms with Gasteiger partial charge in [-0.15, -0.1) is 0 Å². The van der Waals surface area contributed by atoms with E-state index in [1.807, 2.05) is 19.2 Å². The normalized spacial score (nSPS) is 24.6. The number of H-pyrrole nitrogens is 1. The van der Waals surface area contributed by atoms with E-state index in [2.05, 4.69) is 22.6 Å². The van der Waals surface area contributed by atoms with Gasteiger partial charge >= 0.3 is 0 Å². The van der Waals surface area contributed by atoms with Crippen LogP contribution >= 0.6 is 0 Å². The maximum absolute atomic E-state index is 10.4. The molecule has 1 aliphatic rings. The summed E-state index contributed by atoms with van der Waals surface area (Å²) in [5.74, 6) is 0. The van der Waals surface area contributed by atoms with Crippen molar-refractivity contribution in [3.05, 3.63) is 35.5 Å². The summed E-state index contributed by atoms with van der Waals surface area (Å²) < 4.78 is 0. The Hall–Kier alpha value is -1.32. The van der Waals surface area contributed by atoms with E-state index in [1.165, 1.54) is 10.9 Å². The second-order valence-corrected chi connectivity index (χ2v) is 4.46. The highest BCUT2D eigenvalue weighted by atomic mass is 16.3. The lowest BCUT2D eigenvalue weighted by molar-refractivity contribution is 0.131. The Morgan fingerprint density at radius 1 is 1.44 bits per heavy atom. The van der Waals surface area contributed by atoms with Gasteiger partial charge in [-0.3, -0.25) is 0 Å². The van der Waals surface area contributed by atoms with Crippen molar-refractivity contribution in [1.29, 1.82) is 0 Å². The largest absolute Gasteiger partial charge is 0.387 e. The van der Waals surface area contributed by atoms with Crippen LogP contribution in [0, 0.1) is 0 Å². The van der Waals surface area contributed by atoms with E-state index in [0.29, 0.717) is 0 Å². The lowest BCUT2D eigenvalue weighted by atomic mass is 10.00. The zero-order chi connectivity index (χ0) is 11.1. The van der Waals surface area contributed by atoms with E-state index in [1.54, 1.807) is 0 Å². The summed E-state index contributed by atoms with van der Waals surface area (Å²) in [5, 5.41) is 14.8. The Labute approximate surface area is 94.5 Å². The molecule has 1 heterocycles. The molecule has 0 unspecified atom stereocenters. The van der Waals surface area contributed by atoms with Gasteiger partial charge in [0.15, 0.2) is 0 Å². The molecule has 0 aliphatic heterocycles. The molecule has 0 spiro atoms. The molecule has 3 heteroatoms. The van der Waals surface area contributed by atoms with Crippen molar-refractivity contribution < 1.29 is 5.11 Å². The molecule has 16 heavy (non-hydrogen) atoms. The zero-order valence-electron chi connectivity index (χ0n) is 9.33. The zero-order valence-corrected chi connectivity index (χ0v) is 9.33. The standard InChI is InChI=1S/C13H16N2O/c1-14-11-6-5-8-7-15-10-4-2-3-9(12(8)10)13(11)16/h2-4,7,11,13-16H,5-6H2,1H3/t11-,13-/m0/s1. The molecule has 1 aromatic heterocycles. The van der Waals surface area contributed by atoms with Crippen LogP contribution in [0.3, 0.4) is 0 Å². The van der Waals surface area contributed by atoms with Crippen LogP contribution in [-0.2, 0) is 6.42 Å². The number of rotatable bonds is 1. The summed E-state index contributed by atoms with van der Waals surface area (Å²) in [7, 11) is 1.91. The summed E-state index contributed by atoms with van der Waals surface area (Å²) >= 11 is 0. The molecule has 3 rings (SSSR count). The van der Waals surface area contributed by atoms with Gasteiger partial charge in [0, 0.05) is 23.1 Å². The van der Waals surface area contributed by atoms with Crippen LogP contribution in [-0.4, -0.2) is 23.2 Å². The van der Waals surface area contributed by atoms with E-state index in [0.717, 1.165) is 23.9 Å². The van der Waals surface area contributed by atoms with Crippen molar-refractivity contribution in [2.45, 2.75) is 25.0 Å². The maximum Gasteiger partial charge on any atom is 0.0949 e. The number of hydrogen-bond acceptors (Lipinski definition) is 2. The quantitative estimate of drug-likeness (QED) is 0.680. The van der Waals surface area contributed by atoms with Crippen molar-refractivity contribution in [3.8, 4) is 0 Å². The topological polar surface area (TPSA) is 48.0 Å². The minimum atomic E-state index is -0.411. The SMILES string of the molecule is CN[C@H]1CCc2c[nH]c3cccc(c23)[C@@H]1O. The van der Waals surface area contributed by atoms with Crippen LogP contribution < -0.4 is 5.32 Å². The number of nitrogens with one attached hydrogen (secondary N) is 2. The molecule has 2 aromatic rings. The van der Waals surface area contributed by atoms with E-state index in [9.17, 15) is 5.11 Å². The van der Waals surface area contributed by atoms with Crippen molar-refractivity contribution in [2.75, 3.05) is 7.05 Å². The van der Waals surface area contributed by atoms with E-state index >= 15 is 0 Å². The summed E-state index contributed by atoms with van der Waals surface area (Å²) in [5.41, 5.74) is 3.50. The summed E-state index contributed by atoms with van der Waals surface area (Å²) in [6, 6.07) is 6.24. The van der Waals surface area contributed by atoms with Crippen LogP contribution in [0.5, 0.6) is 0 Å². The van der Waals surface area contributed by atoms with Gasteiger partial charge in [-0.05, 0) is 37.1 Å². The minimum absolute atomic E-state index is 0.151. The number of benzene rings is 1. The van der Waals surface area contributed by atoms with Gasteiger partial charge in [-0.2, -0.15) is 0 Å².